The van der Waals surface area contributed by atoms with Crippen molar-refractivity contribution in [3.8, 4) is 5.75 Å². The van der Waals surface area contributed by atoms with Gasteiger partial charge >= 0.3 is 0 Å². The average molecular weight is 447 g/mol. The van der Waals surface area contributed by atoms with Crippen molar-refractivity contribution in [2.75, 3.05) is 24.6 Å². The zero-order valence-corrected chi connectivity index (χ0v) is 20.8. The summed E-state index contributed by atoms with van der Waals surface area (Å²) in [6.07, 6.45) is 1.27. The van der Waals surface area contributed by atoms with Crippen LogP contribution in [-0.4, -0.2) is 26.5 Å². The number of anilines is 2. The summed E-state index contributed by atoms with van der Waals surface area (Å²) in [7, 11) is 0. The van der Waals surface area contributed by atoms with E-state index in [4.69, 9.17) is 21.1 Å². The summed E-state index contributed by atoms with van der Waals surface area (Å²) < 4.78 is 5.77. The highest BCUT2D eigenvalue weighted by molar-refractivity contribution is 6.33. The topological polar surface area (TPSA) is 41.6 Å². The maximum absolute atomic E-state index is 8.00. The summed E-state index contributed by atoms with van der Waals surface area (Å²) in [6.45, 7) is 18.6. The molecular formula is C26H39ClN2O2. The summed E-state index contributed by atoms with van der Waals surface area (Å²) in [5.74, 6) is 1.32. The zero-order chi connectivity index (χ0) is 23.4. The van der Waals surface area contributed by atoms with E-state index in [1.165, 1.54) is 17.7 Å². The number of hydrogen-bond donors (Lipinski definition) is 1. The fraction of sp³-hybridized carbons (Fsp3) is 0.500. The molecule has 0 spiro atoms. The second-order valence-electron chi connectivity index (χ2n) is 9.19. The number of fused-ring (bicyclic) bond motifs is 1. The lowest BCUT2D eigenvalue weighted by Crippen LogP contribution is -2.24. The third-order valence-corrected chi connectivity index (χ3v) is 5.27. The van der Waals surface area contributed by atoms with E-state index in [0.29, 0.717) is 17.9 Å². The summed E-state index contributed by atoms with van der Waals surface area (Å²) in [5.41, 5.74) is 4.08. The molecule has 1 aliphatic heterocycles. The first-order valence-corrected chi connectivity index (χ1v) is 11.4. The number of ether oxygens (including phenoxy) is 1. The van der Waals surface area contributed by atoms with Crippen LogP contribution in [0.2, 0.25) is 5.02 Å². The van der Waals surface area contributed by atoms with Gasteiger partial charge in [-0.25, -0.2) is 0 Å². The molecule has 2 aromatic rings. The summed E-state index contributed by atoms with van der Waals surface area (Å²) in [5, 5.41) is 4.18. The average Bonchev–Trinajstić information content (AvgIpc) is 2.96. The molecule has 0 fully saturated rings. The standard InChI is InChI=1S/C19H23ClN2O.C6H14.CH2O/c1-14(2)13-23-16-7-8-19(17(20)11-16)22-10-9-21-12-15-5-3-4-6-18(15)22;1-5-6(2,3)4;1-2/h3-8,11,14,21H,9-10,12-13H2,1-2H3;5H2,1-4H3;1H2. The van der Waals surface area contributed by atoms with E-state index in [-0.39, 0.29) is 0 Å². The normalized spacial score (nSPS) is 13.2. The number of nitrogens with one attached hydrogen (secondary N) is 1. The quantitative estimate of drug-likeness (QED) is 0.556. The Labute approximate surface area is 193 Å². The molecule has 31 heavy (non-hydrogen) atoms. The zero-order valence-electron chi connectivity index (χ0n) is 20.0. The summed E-state index contributed by atoms with van der Waals surface area (Å²) in [4.78, 5) is 10.3. The fourth-order valence-electron chi connectivity index (χ4n) is 2.77. The minimum Gasteiger partial charge on any atom is -0.493 e. The van der Waals surface area contributed by atoms with Crippen molar-refractivity contribution in [1.29, 1.82) is 0 Å². The SMILES string of the molecule is C=O.CC(C)COc1ccc(N2CCNCc3ccccc32)c(Cl)c1.CCC(C)(C)C. The lowest BCUT2D eigenvalue weighted by atomic mass is 9.94. The number of para-hydroxylation sites is 1. The minimum absolute atomic E-state index is 0.497. The molecule has 0 saturated carbocycles. The molecule has 172 valence electrons. The molecule has 0 amide bonds. The highest BCUT2D eigenvalue weighted by Gasteiger charge is 2.18. The molecule has 2 aromatic carbocycles. The fourth-order valence-corrected chi connectivity index (χ4v) is 3.04. The van der Waals surface area contributed by atoms with E-state index in [1.807, 2.05) is 18.9 Å². The monoisotopic (exact) mass is 446 g/mol. The van der Waals surface area contributed by atoms with Crippen LogP contribution < -0.4 is 15.0 Å². The van der Waals surface area contributed by atoms with Crippen LogP contribution in [0.1, 0.15) is 53.5 Å². The van der Waals surface area contributed by atoms with Gasteiger partial charge < -0.3 is 19.7 Å². The van der Waals surface area contributed by atoms with Gasteiger partial charge in [-0.2, -0.15) is 0 Å². The van der Waals surface area contributed by atoms with Crippen molar-refractivity contribution in [2.24, 2.45) is 11.3 Å². The van der Waals surface area contributed by atoms with Gasteiger partial charge in [0.25, 0.3) is 0 Å². The molecule has 0 atom stereocenters. The highest BCUT2D eigenvalue weighted by Crippen LogP contribution is 2.36. The second-order valence-corrected chi connectivity index (χ2v) is 9.60. The van der Waals surface area contributed by atoms with Crippen LogP contribution in [0.25, 0.3) is 0 Å². The largest absolute Gasteiger partial charge is 0.493 e. The Morgan fingerprint density at radius 3 is 2.35 bits per heavy atom. The Bertz CT molecular complexity index is 787. The number of carbonyl (C=O) groups is 1. The Morgan fingerprint density at radius 1 is 1.13 bits per heavy atom. The first kappa shape index (κ1) is 27.0. The number of benzene rings is 2. The number of nitrogens with zero attached hydrogens (tertiary/aromatic N) is 1. The third-order valence-electron chi connectivity index (χ3n) is 4.96. The molecule has 0 bridgehead atoms. The molecular weight excluding hydrogens is 408 g/mol. The van der Waals surface area contributed by atoms with Crippen LogP contribution in [0.15, 0.2) is 42.5 Å². The Kier molecular flexibility index (Phi) is 11.7. The molecule has 0 saturated heterocycles. The van der Waals surface area contributed by atoms with Crippen molar-refractivity contribution in [3.63, 3.8) is 0 Å². The van der Waals surface area contributed by atoms with Gasteiger partial charge in [0.2, 0.25) is 0 Å². The van der Waals surface area contributed by atoms with E-state index in [1.54, 1.807) is 0 Å². The molecule has 4 nitrogen and oxygen atoms in total. The van der Waals surface area contributed by atoms with Crippen molar-refractivity contribution >= 4 is 29.8 Å². The molecule has 1 N–H and O–H groups in total. The molecule has 0 aromatic heterocycles. The Hall–Kier alpha value is -2.04. The minimum atomic E-state index is 0.497. The van der Waals surface area contributed by atoms with Crippen LogP contribution in [0.5, 0.6) is 5.75 Å². The maximum Gasteiger partial charge on any atom is 0.120 e. The van der Waals surface area contributed by atoms with Crippen LogP contribution in [0.3, 0.4) is 0 Å². The number of hydrogen-bond acceptors (Lipinski definition) is 4. The predicted molar refractivity (Wildman–Crippen MR) is 134 cm³/mol. The molecule has 1 heterocycles. The van der Waals surface area contributed by atoms with Crippen molar-refractivity contribution in [1.82, 2.24) is 5.32 Å². The molecule has 5 heteroatoms. The van der Waals surface area contributed by atoms with Crippen LogP contribution in [0.4, 0.5) is 11.4 Å². The van der Waals surface area contributed by atoms with E-state index < -0.39 is 0 Å². The molecule has 3 rings (SSSR count). The van der Waals surface area contributed by atoms with Gasteiger partial charge in [-0.1, -0.05) is 77.8 Å². The Balaban J connectivity index is 0.000000521. The molecule has 0 radical (unpaired) electrons. The third kappa shape index (κ3) is 9.32. The molecule has 0 unspecified atom stereocenters. The van der Waals surface area contributed by atoms with Gasteiger partial charge in [0, 0.05) is 31.4 Å². The first-order valence-electron chi connectivity index (χ1n) is 11.0. The van der Waals surface area contributed by atoms with Gasteiger partial charge in [0.1, 0.15) is 12.5 Å². The van der Waals surface area contributed by atoms with Crippen molar-refractivity contribution in [3.05, 3.63) is 53.1 Å². The predicted octanol–water partition coefficient (Wildman–Crippen LogP) is 6.87. The van der Waals surface area contributed by atoms with Gasteiger partial charge in [0.15, 0.2) is 0 Å². The number of halogens is 1. The van der Waals surface area contributed by atoms with E-state index >= 15 is 0 Å². The van der Waals surface area contributed by atoms with Gasteiger partial charge in [-0.3, -0.25) is 0 Å². The van der Waals surface area contributed by atoms with Crippen molar-refractivity contribution < 1.29 is 9.53 Å². The first-order chi connectivity index (χ1) is 14.7. The van der Waals surface area contributed by atoms with E-state index in [0.717, 1.165) is 36.1 Å². The van der Waals surface area contributed by atoms with E-state index in [9.17, 15) is 0 Å². The van der Waals surface area contributed by atoms with Gasteiger partial charge in [0.05, 0.1) is 17.3 Å². The van der Waals surface area contributed by atoms with Crippen molar-refractivity contribution in [2.45, 2.75) is 54.5 Å². The second kappa shape index (κ2) is 13.4. The molecule has 1 aliphatic rings. The lowest BCUT2D eigenvalue weighted by Gasteiger charge is -2.26. The smallest absolute Gasteiger partial charge is 0.120 e. The highest BCUT2D eigenvalue weighted by atomic mass is 35.5. The van der Waals surface area contributed by atoms with Gasteiger partial charge in [-0.15, -0.1) is 0 Å². The summed E-state index contributed by atoms with van der Waals surface area (Å²) in [6, 6.07) is 14.4. The number of rotatable bonds is 4. The van der Waals surface area contributed by atoms with Crippen LogP contribution in [-0.2, 0) is 11.3 Å². The number of carbonyl (C=O) groups excluding carboxylic acids is 1. The van der Waals surface area contributed by atoms with E-state index in [2.05, 4.69) is 82.1 Å². The maximum atomic E-state index is 8.00. The van der Waals surface area contributed by atoms with Crippen LogP contribution >= 0.6 is 11.6 Å². The van der Waals surface area contributed by atoms with Crippen LogP contribution in [0, 0.1) is 11.3 Å². The molecule has 0 aliphatic carbocycles. The van der Waals surface area contributed by atoms with Gasteiger partial charge in [-0.05, 0) is 35.1 Å². The summed E-state index contributed by atoms with van der Waals surface area (Å²) >= 11 is 6.56. The Morgan fingerprint density at radius 2 is 1.77 bits per heavy atom. The lowest BCUT2D eigenvalue weighted by molar-refractivity contribution is -0.0979.